The molecule has 9 heteroatoms. The van der Waals surface area contributed by atoms with Crippen molar-refractivity contribution in [3.8, 4) is 33.6 Å². The van der Waals surface area contributed by atoms with Gasteiger partial charge in [0.05, 0.1) is 29.1 Å². The van der Waals surface area contributed by atoms with Gasteiger partial charge in [-0.2, -0.15) is 0 Å². The molecule has 0 aliphatic heterocycles. The van der Waals surface area contributed by atoms with Crippen LogP contribution in [0.3, 0.4) is 0 Å². The second-order valence-corrected chi connectivity index (χ2v) is 8.96. The first kappa shape index (κ1) is 20.5. The Morgan fingerprint density at radius 2 is 1.78 bits per heavy atom. The predicted octanol–water partition coefficient (Wildman–Crippen LogP) is 4.97. The first-order valence-corrected chi connectivity index (χ1v) is 11.7. The van der Waals surface area contributed by atoms with Gasteiger partial charge in [0.15, 0.2) is 0 Å². The normalized spacial score (nSPS) is 13.3. The quantitative estimate of drug-likeness (QED) is 0.325. The second-order valence-electron chi connectivity index (χ2n) is 8.96. The van der Waals surface area contributed by atoms with Crippen LogP contribution in [-0.2, 0) is 4.79 Å². The molecule has 7 rings (SSSR count). The highest BCUT2D eigenvalue weighted by Crippen LogP contribution is 2.34. The van der Waals surface area contributed by atoms with E-state index in [4.69, 9.17) is 4.98 Å². The fourth-order valence-electron chi connectivity index (χ4n) is 4.41. The van der Waals surface area contributed by atoms with Crippen molar-refractivity contribution in [1.29, 1.82) is 0 Å². The number of fused-ring (bicyclic) bond motifs is 2. The van der Waals surface area contributed by atoms with E-state index in [1.807, 2.05) is 30.6 Å². The summed E-state index contributed by atoms with van der Waals surface area (Å²) < 4.78 is 0. The van der Waals surface area contributed by atoms with Crippen LogP contribution < -0.4 is 5.32 Å². The van der Waals surface area contributed by atoms with Crippen LogP contribution in [0.15, 0.2) is 73.8 Å². The van der Waals surface area contributed by atoms with Crippen LogP contribution in [0.2, 0.25) is 0 Å². The number of nitrogens with one attached hydrogen (secondary N) is 3. The smallest absolute Gasteiger partial charge is 0.227 e. The summed E-state index contributed by atoms with van der Waals surface area (Å²) in [7, 11) is 0. The van der Waals surface area contributed by atoms with Gasteiger partial charge in [-0.25, -0.2) is 9.97 Å². The Morgan fingerprint density at radius 3 is 2.64 bits per heavy atom. The van der Waals surface area contributed by atoms with Crippen molar-refractivity contribution in [2.24, 2.45) is 5.92 Å². The summed E-state index contributed by atoms with van der Waals surface area (Å²) in [6.45, 7) is 0. The van der Waals surface area contributed by atoms with E-state index in [1.165, 1.54) is 0 Å². The molecule has 3 N–H and O–H groups in total. The molecule has 1 saturated carbocycles. The molecule has 174 valence electrons. The minimum absolute atomic E-state index is 0.0560. The van der Waals surface area contributed by atoms with E-state index < -0.39 is 0 Å². The van der Waals surface area contributed by atoms with Gasteiger partial charge < -0.3 is 15.3 Å². The zero-order chi connectivity index (χ0) is 24.1. The molecule has 6 aromatic rings. The highest BCUT2D eigenvalue weighted by atomic mass is 16.2. The van der Waals surface area contributed by atoms with E-state index in [0.29, 0.717) is 5.69 Å². The Bertz CT molecular complexity index is 1750. The highest BCUT2D eigenvalue weighted by molar-refractivity contribution is 5.98. The number of anilines is 1. The summed E-state index contributed by atoms with van der Waals surface area (Å²) in [6, 6.07) is 7.88. The summed E-state index contributed by atoms with van der Waals surface area (Å²) in [6.07, 6.45) is 16.2. The summed E-state index contributed by atoms with van der Waals surface area (Å²) in [4.78, 5) is 41.3. The third-order valence-electron chi connectivity index (χ3n) is 6.44. The van der Waals surface area contributed by atoms with Gasteiger partial charge in [-0.05, 0) is 31.0 Å². The molecule has 0 unspecified atom stereocenters. The van der Waals surface area contributed by atoms with Crippen LogP contribution in [-0.4, -0.2) is 40.8 Å². The Hall–Kier alpha value is -4.92. The van der Waals surface area contributed by atoms with E-state index in [9.17, 15) is 4.79 Å². The predicted molar refractivity (Wildman–Crippen MR) is 137 cm³/mol. The number of rotatable bonds is 5. The zero-order valence-electron chi connectivity index (χ0n) is 19.1. The number of aromatic nitrogens is 7. The molecular weight excluding hydrogens is 452 g/mol. The maximum Gasteiger partial charge on any atom is 0.227 e. The van der Waals surface area contributed by atoms with Gasteiger partial charge in [-0.15, -0.1) is 0 Å². The molecule has 6 heterocycles. The summed E-state index contributed by atoms with van der Waals surface area (Å²) in [5.41, 5.74) is 7.65. The van der Waals surface area contributed by atoms with Gasteiger partial charge in [-0.1, -0.05) is 6.07 Å². The van der Waals surface area contributed by atoms with Crippen LogP contribution in [0.5, 0.6) is 0 Å². The third kappa shape index (κ3) is 3.58. The maximum absolute atomic E-state index is 12.2. The number of H-pyrrole nitrogens is 2. The number of carbonyl (C=O) groups excluding carboxylic acids is 1. The van der Waals surface area contributed by atoms with E-state index in [0.717, 1.165) is 68.6 Å². The lowest BCUT2D eigenvalue weighted by atomic mass is 10.1. The summed E-state index contributed by atoms with van der Waals surface area (Å²) in [5, 5.41) is 3.89. The van der Waals surface area contributed by atoms with Crippen molar-refractivity contribution in [2.45, 2.75) is 12.8 Å². The summed E-state index contributed by atoms with van der Waals surface area (Å²) >= 11 is 0. The standard InChI is InChI=1S/C27H20N8O/c36-27(15-3-4-15)33-19-6-17(9-29-11-19)18-7-20-22(13-32-25(20)31-10-18)26-34-23-14-30-12-21(24(23)35-26)16-2-1-5-28-8-16/h1-2,5-15H,3-4H2,(H,31,32)(H,33,36)(H,34,35). The molecule has 1 amide bonds. The number of carbonyl (C=O) groups is 1. The average Bonchev–Trinajstić information content (AvgIpc) is 3.55. The number of nitrogens with zero attached hydrogens (tertiary/aromatic N) is 5. The van der Waals surface area contributed by atoms with Crippen LogP contribution in [0.1, 0.15) is 12.8 Å². The lowest BCUT2D eigenvalue weighted by molar-refractivity contribution is -0.117. The number of imidazole rings is 1. The van der Waals surface area contributed by atoms with E-state index in [1.54, 1.807) is 37.2 Å². The highest BCUT2D eigenvalue weighted by Gasteiger charge is 2.29. The average molecular weight is 473 g/mol. The third-order valence-corrected chi connectivity index (χ3v) is 6.44. The lowest BCUT2D eigenvalue weighted by Crippen LogP contribution is -2.13. The number of pyridine rings is 4. The Balaban J connectivity index is 1.28. The van der Waals surface area contributed by atoms with Gasteiger partial charge in [0.2, 0.25) is 5.91 Å². The Kier molecular flexibility index (Phi) is 4.60. The van der Waals surface area contributed by atoms with Gasteiger partial charge in [0, 0.05) is 76.3 Å². The van der Waals surface area contributed by atoms with E-state index >= 15 is 0 Å². The number of aromatic amines is 2. The molecule has 9 nitrogen and oxygen atoms in total. The van der Waals surface area contributed by atoms with Gasteiger partial charge in [0.1, 0.15) is 11.5 Å². The van der Waals surface area contributed by atoms with Crippen molar-refractivity contribution >= 4 is 33.7 Å². The SMILES string of the molecule is O=C(Nc1cncc(-c2cnc3[nH]cc(-c4nc5c(-c6cccnc6)cncc5[nH]4)c3c2)c1)C1CC1. The van der Waals surface area contributed by atoms with Crippen molar-refractivity contribution in [2.75, 3.05) is 5.32 Å². The minimum atomic E-state index is 0.0560. The lowest BCUT2D eigenvalue weighted by Gasteiger charge is -2.07. The van der Waals surface area contributed by atoms with Gasteiger partial charge >= 0.3 is 0 Å². The van der Waals surface area contributed by atoms with Crippen LogP contribution in [0.25, 0.3) is 55.7 Å². The van der Waals surface area contributed by atoms with E-state index in [2.05, 4.69) is 41.3 Å². The fraction of sp³-hybridized carbons (Fsp3) is 0.111. The molecule has 0 radical (unpaired) electrons. The molecule has 0 saturated heterocycles. The molecule has 1 aliphatic carbocycles. The molecular formula is C27H20N8O. The monoisotopic (exact) mass is 472 g/mol. The Labute approximate surface area is 205 Å². The first-order chi connectivity index (χ1) is 17.7. The molecule has 0 aromatic carbocycles. The number of hydrogen-bond acceptors (Lipinski definition) is 6. The Morgan fingerprint density at radius 1 is 0.917 bits per heavy atom. The molecule has 36 heavy (non-hydrogen) atoms. The van der Waals surface area contributed by atoms with Crippen LogP contribution >= 0.6 is 0 Å². The van der Waals surface area contributed by atoms with Crippen molar-refractivity contribution in [3.05, 3.63) is 73.8 Å². The molecule has 1 aliphatic rings. The van der Waals surface area contributed by atoms with E-state index in [-0.39, 0.29) is 11.8 Å². The zero-order valence-corrected chi connectivity index (χ0v) is 19.1. The van der Waals surface area contributed by atoms with Crippen molar-refractivity contribution in [3.63, 3.8) is 0 Å². The van der Waals surface area contributed by atoms with Crippen molar-refractivity contribution in [1.82, 2.24) is 34.9 Å². The van der Waals surface area contributed by atoms with Crippen LogP contribution in [0.4, 0.5) is 5.69 Å². The van der Waals surface area contributed by atoms with Crippen LogP contribution in [0, 0.1) is 5.92 Å². The molecule has 6 aromatic heterocycles. The topological polar surface area (TPSA) is 125 Å². The van der Waals surface area contributed by atoms with Gasteiger partial charge in [-0.3, -0.25) is 19.7 Å². The molecule has 0 atom stereocenters. The largest absolute Gasteiger partial charge is 0.345 e. The number of hydrogen-bond donors (Lipinski definition) is 3. The maximum atomic E-state index is 12.2. The first-order valence-electron chi connectivity index (χ1n) is 11.7. The number of amides is 1. The molecule has 1 fully saturated rings. The van der Waals surface area contributed by atoms with Gasteiger partial charge in [0.25, 0.3) is 0 Å². The fourth-order valence-corrected chi connectivity index (χ4v) is 4.41. The van der Waals surface area contributed by atoms with Crippen molar-refractivity contribution < 1.29 is 4.79 Å². The molecule has 0 bridgehead atoms. The summed E-state index contributed by atoms with van der Waals surface area (Å²) in [5.74, 6) is 0.907. The minimum Gasteiger partial charge on any atom is -0.345 e. The molecule has 0 spiro atoms. The second kappa shape index (κ2) is 8.09.